The third-order valence-electron chi connectivity index (χ3n) is 4.86. The molecule has 1 saturated heterocycles. The van der Waals surface area contributed by atoms with Crippen LogP contribution in [0.4, 0.5) is 5.82 Å². The average molecular weight is 365 g/mol. The molecule has 2 aromatic heterocycles. The van der Waals surface area contributed by atoms with Crippen LogP contribution in [0.2, 0.25) is 0 Å². The van der Waals surface area contributed by atoms with Gasteiger partial charge in [0.15, 0.2) is 5.82 Å². The molecule has 0 unspecified atom stereocenters. The van der Waals surface area contributed by atoms with Crippen molar-refractivity contribution < 1.29 is 9.53 Å². The van der Waals surface area contributed by atoms with E-state index in [1.165, 1.54) is 0 Å². The van der Waals surface area contributed by atoms with Gasteiger partial charge in [0, 0.05) is 44.2 Å². The number of carbonyl (C=O) groups excluding carboxylic acids is 1. The van der Waals surface area contributed by atoms with E-state index in [0.29, 0.717) is 25.4 Å². The second kappa shape index (κ2) is 7.26. The van der Waals surface area contributed by atoms with E-state index in [1.807, 2.05) is 54.4 Å². The van der Waals surface area contributed by atoms with E-state index in [2.05, 4.69) is 15.0 Å². The lowest BCUT2D eigenvalue weighted by Crippen LogP contribution is -2.32. The Hall–Kier alpha value is -3.09. The lowest BCUT2D eigenvalue weighted by molar-refractivity contribution is -0.129. The summed E-state index contributed by atoms with van der Waals surface area (Å²) in [7, 11) is 3.82. The van der Waals surface area contributed by atoms with Crippen molar-refractivity contribution in [3.63, 3.8) is 0 Å². The van der Waals surface area contributed by atoms with Gasteiger partial charge in [0.25, 0.3) is 0 Å². The molecule has 1 amide bonds. The molecule has 1 fully saturated rings. The molecular weight excluding hydrogens is 342 g/mol. The summed E-state index contributed by atoms with van der Waals surface area (Å²) in [6.07, 6.45) is 6.38. The Morgan fingerprint density at radius 2 is 2.19 bits per heavy atom. The van der Waals surface area contributed by atoms with Crippen molar-refractivity contribution in [2.75, 3.05) is 32.1 Å². The minimum atomic E-state index is -0.0522. The van der Waals surface area contributed by atoms with Gasteiger partial charge in [-0.15, -0.1) is 0 Å². The molecule has 1 aliphatic rings. The number of aromatic nitrogens is 3. The number of benzene rings is 1. The van der Waals surface area contributed by atoms with Gasteiger partial charge in [-0.25, -0.2) is 0 Å². The van der Waals surface area contributed by atoms with Crippen LogP contribution in [-0.4, -0.2) is 59.0 Å². The van der Waals surface area contributed by atoms with E-state index in [0.717, 1.165) is 28.7 Å². The average Bonchev–Trinajstić information content (AvgIpc) is 3.29. The molecule has 1 aromatic carbocycles. The van der Waals surface area contributed by atoms with Crippen molar-refractivity contribution in [2.45, 2.75) is 18.9 Å². The summed E-state index contributed by atoms with van der Waals surface area (Å²) in [4.78, 5) is 28.3. The molecule has 3 heterocycles. The number of hydrogen-bond donors (Lipinski definition) is 1. The van der Waals surface area contributed by atoms with Crippen molar-refractivity contribution >= 4 is 22.6 Å². The highest BCUT2D eigenvalue weighted by atomic mass is 16.5. The molecule has 7 heteroatoms. The van der Waals surface area contributed by atoms with Crippen LogP contribution in [-0.2, 0) is 11.2 Å². The number of hydrogen-bond acceptors (Lipinski definition) is 5. The second-order valence-corrected chi connectivity index (χ2v) is 7.01. The maximum absolute atomic E-state index is 12.7. The highest BCUT2D eigenvalue weighted by molar-refractivity contribution is 5.89. The first-order chi connectivity index (χ1) is 13.1. The number of rotatable bonds is 5. The number of anilines is 1. The quantitative estimate of drug-likeness (QED) is 0.751. The van der Waals surface area contributed by atoms with Gasteiger partial charge in [-0.3, -0.25) is 9.78 Å². The third-order valence-corrected chi connectivity index (χ3v) is 4.86. The summed E-state index contributed by atoms with van der Waals surface area (Å²) in [5.41, 5.74) is 2.09. The Morgan fingerprint density at radius 3 is 3.04 bits per heavy atom. The van der Waals surface area contributed by atoms with Crippen LogP contribution in [0, 0.1) is 0 Å². The normalized spacial score (nSPS) is 16.7. The van der Waals surface area contributed by atoms with Gasteiger partial charge in [-0.2, -0.15) is 4.98 Å². The Morgan fingerprint density at radius 1 is 1.33 bits per heavy atom. The van der Waals surface area contributed by atoms with Crippen molar-refractivity contribution in [3.05, 3.63) is 48.4 Å². The van der Waals surface area contributed by atoms with Gasteiger partial charge in [-0.1, -0.05) is 18.2 Å². The molecule has 0 bridgehead atoms. The predicted molar refractivity (Wildman–Crippen MR) is 104 cm³/mol. The molecule has 1 aliphatic heterocycles. The van der Waals surface area contributed by atoms with Crippen molar-refractivity contribution in [2.24, 2.45) is 0 Å². The number of carbonyl (C=O) groups is 1. The van der Waals surface area contributed by atoms with Gasteiger partial charge in [0.05, 0.1) is 25.4 Å². The molecule has 4 rings (SSSR count). The predicted octanol–water partition coefficient (Wildman–Crippen LogP) is 2.25. The molecular formula is C20H23N5O2. The zero-order chi connectivity index (χ0) is 18.8. The van der Waals surface area contributed by atoms with E-state index in [9.17, 15) is 4.79 Å². The fourth-order valence-electron chi connectivity index (χ4n) is 3.38. The van der Waals surface area contributed by atoms with Crippen LogP contribution in [0.5, 0.6) is 5.88 Å². The molecule has 1 N–H and O–H groups in total. The Balaban J connectivity index is 1.37. The van der Waals surface area contributed by atoms with E-state index >= 15 is 0 Å². The number of nitrogens with one attached hydrogen (secondary N) is 1. The standard InChI is InChI=1S/C20H23N5O2/c1-24(2)18-11-21-12-19(23-18)27-15-7-8-25(13-15)20(26)9-14-10-22-17-6-4-3-5-16(14)17/h3-6,10-12,15,22H,7-9,13H2,1-2H3/t15-/m1/s1. The number of ether oxygens (including phenoxy) is 1. The third kappa shape index (κ3) is 3.72. The van der Waals surface area contributed by atoms with Gasteiger partial charge in [0.2, 0.25) is 11.8 Å². The number of amides is 1. The summed E-state index contributed by atoms with van der Waals surface area (Å²) in [6, 6.07) is 8.04. The van der Waals surface area contributed by atoms with Crippen LogP contribution < -0.4 is 9.64 Å². The van der Waals surface area contributed by atoms with E-state index in [-0.39, 0.29) is 12.0 Å². The highest BCUT2D eigenvalue weighted by Gasteiger charge is 2.28. The zero-order valence-corrected chi connectivity index (χ0v) is 15.6. The lowest BCUT2D eigenvalue weighted by atomic mass is 10.1. The highest BCUT2D eigenvalue weighted by Crippen LogP contribution is 2.21. The molecule has 7 nitrogen and oxygen atoms in total. The number of likely N-dealkylation sites (tertiary alicyclic amines) is 1. The lowest BCUT2D eigenvalue weighted by Gasteiger charge is -2.17. The smallest absolute Gasteiger partial charge is 0.234 e. The number of nitrogens with zero attached hydrogens (tertiary/aromatic N) is 4. The number of H-pyrrole nitrogens is 1. The Bertz CT molecular complexity index is 952. The SMILES string of the molecule is CN(C)c1cncc(O[C@@H]2CCN(C(=O)Cc3c[nH]c4ccccc34)C2)n1. The zero-order valence-electron chi connectivity index (χ0n) is 15.6. The largest absolute Gasteiger partial charge is 0.471 e. The molecule has 140 valence electrons. The molecule has 0 aliphatic carbocycles. The maximum Gasteiger partial charge on any atom is 0.234 e. The summed E-state index contributed by atoms with van der Waals surface area (Å²) in [6.45, 7) is 1.28. The fraction of sp³-hybridized carbons (Fsp3) is 0.350. The summed E-state index contributed by atoms with van der Waals surface area (Å²) >= 11 is 0. The summed E-state index contributed by atoms with van der Waals surface area (Å²) < 4.78 is 5.95. The molecule has 3 aromatic rings. The van der Waals surface area contributed by atoms with Gasteiger partial charge in [0.1, 0.15) is 6.10 Å². The Labute approximate surface area is 158 Å². The van der Waals surface area contributed by atoms with Crippen LogP contribution >= 0.6 is 0 Å². The van der Waals surface area contributed by atoms with Crippen LogP contribution in [0.25, 0.3) is 10.9 Å². The number of para-hydroxylation sites is 1. The van der Waals surface area contributed by atoms with Crippen molar-refractivity contribution in [1.82, 2.24) is 19.9 Å². The first-order valence-corrected chi connectivity index (χ1v) is 9.09. The van der Waals surface area contributed by atoms with Crippen LogP contribution in [0.1, 0.15) is 12.0 Å². The first-order valence-electron chi connectivity index (χ1n) is 9.09. The molecule has 0 spiro atoms. The minimum absolute atomic E-state index is 0.0522. The number of fused-ring (bicyclic) bond motifs is 1. The van der Waals surface area contributed by atoms with Crippen LogP contribution in [0.3, 0.4) is 0 Å². The summed E-state index contributed by atoms with van der Waals surface area (Å²) in [5.74, 6) is 1.37. The van der Waals surface area contributed by atoms with Gasteiger partial charge in [-0.05, 0) is 11.6 Å². The van der Waals surface area contributed by atoms with E-state index in [4.69, 9.17) is 4.74 Å². The molecule has 1 atom stereocenters. The van der Waals surface area contributed by atoms with E-state index < -0.39 is 0 Å². The molecule has 27 heavy (non-hydrogen) atoms. The van der Waals surface area contributed by atoms with Crippen molar-refractivity contribution in [3.8, 4) is 5.88 Å². The van der Waals surface area contributed by atoms with Gasteiger partial charge < -0.3 is 19.5 Å². The topological polar surface area (TPSA) is 74.3 Å². The summed E-state index contributed by atoms with van der Waals surface area (Å²) in [5, 5.41) is 1.11. The monoisotopic (exact) mass is 365 g/mol. The Kier molecular flexibility index (Phi) is 4.66. The van der Waals surface area contributed by atoms with Crippen LogP contribution in [0.15, 0.2) is 42.9 Å². The first kappa shape index (κ1) is 17.3. The minimum Gasteiger partial charge on any atom is -0.471 e. The van der Waals surface area contributed by atoms with Crippen molar-refractivity contribution in [1.29, 1.82) is 0 Å². The maximum atomic E-state index is 12.7. The van der Waals surface area contributed by atoms with Gasteiger partial charge >= 0.3 is 0 Å². The molecule has 0 radical (unpaired) electrons. The van der Waals surface area contributed by atoms with E-state index in [1.54, 1.807) is 12.4 Å². The molecule has 0 saturated carbocycles. The second-order valence-electron chi connectivity index (χ2n) is 7.01. The number of aromatic amines is 1. The fourth-order valence-corrected chi connectivity index (χ4v) is 3.38.